The second-order valence-corrected chi connectivity index (χ2v) is 5.94. The van der Waals surface area contributed by atoms with Crippen LogP contribution < -0.4 is 4.72 Å². The molecule has 0 amide bonds. The summed E-state index contributed by atoms with van der Waals surface area (Å²) in [6, 6.07) is 8.94. The lowest BCUT2D eigenvalue weighted by molar-refractivity contribution is -0.385. The van der Waals surface area contributed by atoms with E-state index >= 15 is 0 Å². The molecular formula is C13H11FN2O4S. The van der Waals surface area contributed by atoms with Gasteiger partial charge in [-0.2, -0.15) is 0 Å². The van der Waals surface area contributed by atoms with E-state index in [1.54, 1.807) is 25.1 Å². The highest BCUT2D eigenvalue weighted by Gasteiger charge is 2.19. The molecule has 0 atom stereocenters. The zero-order valence-corrected chi connectivity index (χ0v) is 11.7. The predicted octanol–water partition coefficient (Wildman–Crippen LogP) is 2.84. The summed E-state index contributed by atoms with van der Waals surface area (Å²) in [6.45, 7) is 1.61. The number of hydrogen-bond donors (Lipinski definition) is 1. The number of halogens is 1. The standard InChI is InChI=1S/C13H11FN2O4S/c1-9-4-2-3-5-13(9)21(19,20)15-12-7-6-10(16(17)18)8-11(12)14/h2-8,15H,1H3. The Kier molecular flexibility index (Phi) is 3.90. The Bertz CT molecular complexity index is 806. The van der Waals surface area contributed by atoms with E-state index < -0.39 is 26.5 Å². The van der Waals surface area contributed by atoms with Crippen LogP contribution in [0.5, 0.6) is 0 Å². The van der Waals surface area contributed by atoms with Crippen molar-refractivity contribution in [2.75, 3.05) is 4.72 Å². The second-order valence-electron chi connectivity index (χ2n) is 4.29. The van der Waals surface area contributed by atoms with Crippen molar-refractivity contribution in [3.05, 3.63) is 64.0 Å². The van der Waals surface area contributed by atoms with Crippen molar-refractivity contribution in [1.29, 1.82) is 0 Å². The quantitative estimate of drug-likeness (QED) is 0.694. The van der Waals surface area contributed by atoms with Crippen LogP contribution in [0.3, 0.4) is 0 Å². The molecule has 8 heteroatoms. The van der Waals surface area contributed by atoms with Gasteiger partial charge in [-0.05, 0) is 24.6 Å². The number of benzene rings is 2. The fraction of sp³-hybridized carbons (Fsp3) is 0.0769. The molecular weight excluding hydrogens is 299 g/mol. The molecule has 0 saturated carbocycles. The summed E-state index contributed by atoms with van der Waals surface area (Å²) in [6.07, 6.45) is 0. The summed E-state index contributed by atoms with van der Waals surface area (Å²) < 4.78 is 40.2. The van der Waals surface area contributed by atoms with Crippen LogP contribution >= 0.6 is 0 Å². The molecule has 0 aliphatic carbocycles. The minimum absolute atomic E-state index is 0.0164. The number of nitro benzene ring substituents is 1. The van der Waals surface area contributed by atoms with Crippen molar-refractivity contribution in [3.63, 3.8) is 0 Å². The van der Waals surface area contributed by atoms with Gasteiger partial charge in [0, 0.05) is 6.07 Å². The van der Waals surface area contributed by atoms with Gasteiger partial charge in [0.2, 0.25) is 0 Å². The van der Waals surface area contributed by atoms with E-state index in [4.69, 9.17) is 0 Å². The average Bonchev–Trinajstić information content (AvgIpc) is 2.41. The molecule has 1 N–H and O–H groups in total. The van der Waals surface area contributed by atoms with Gasteiger partial charge in [-0.25, -0.2) is 12.8 Å². The largest absolute Gasteiger partial charge is 0.277 e. The van der Waals surface area contributed by atoms with Gasteiger partial charge in [0.05, 0.1) is 21.6 Å². The highest BCUT2D eigenvalue weighted by atomic mass is 32.2. The topological polar surface area (TPSA) is 89.3 Å². The first-order chi connectivity index (χ1) is 9.81. The molecule has 2 aromatic rings. The van der Waals surface area contributed by atoms with Gasteiger partial charge in [-0.1, -0.05) is 18.2 Å². The molecule has 0 unspecified atom stereocenters. The fourth-order valence-corrected chi connectivity index (χ4v) is 3.07. The molecule has 0 bridgehead atoms. The zero-order valence-electron chi connectivity index (χ0n) is 10.9. The van der Waals surface area contributed by atoms with Crippen molar-refractivity contribution in [2.24, 2.45) is 0 Å². The smallest absolute Gasteiger partial charge is 0.272 e. The Labute approximate surface area is 120 Å². The SMILES string of the molecule is Cc1ccccc1S(=O)(=O)Nc1ccc([N+](=O)[O-])cc1F. The molecule has 0 fully saturated rings. The lowest BCUT2D eigenvalue weighted by atomic mass is 10.2. The zero-order chi connectivity index (χ0) is 15.6. The van der Waals surface area contributed by atoms with Crippen LogP contribution in [-0.4, -0.2) is 13.3 Å². The second kappa shape index (κ2) is 5.49. The predicted molar refractivity (Wildman–Crippen MR) is 75.0 cm³/mol. The van der Waals surface area contributed by atoms with Crippen LogP contribution in [0.15, 0.2) is 47.4 Å². The minimum Gasteiger partial charge on any atom is -0.277 e. The Morgan fingerprint density at radius 1 is 1.19 bits per heavy atom. The van der Waals surface area contributed by atoms with Gasteiger partial charge in [-0.15, -0.1) is 0 Å². The molecule has 21 heavy (non-hydrogen) atoms. The highest BCUT2D eigenvalue weighted by molar-refractivity contribution is 7.92. The number of nitrogens with one attached hydrogen (secondary N) is 1. The first kappa shape index (κ1) is 14.9. The van der Waals surface area contributed by atoms with E-state index in [-0.39, 0.29) is 10.6 Å². The maximum atomic E-state index is 13.7. The lowest BCUT2D eigenvalue weighted by Gasteiger charge is -2.10. The van der Waals surface area contributed by atoms with E-state index in [9.17, 15) is 22.9 Å². The Hall–Kier alpha value is -2.48. The van der Waals surface area contributed by atoms with Crippen LogP contribution in [0.2, 0.25) is 0 Å². The molecule has 0 heterocycles. The molecule has 110 valence electrons. The monoisotopic (exact) mass is 310 g/mol. The molecule has 2 aromatic carbocycles. The summed E-state index contributed by atoms with van der Waals surface area (Å²) in [5.74, 6) is -1.01. The highest BCUT2D eigenvalue weighted by Crippen LogP contribution is 2.24. The number of rotatable bonds is 4. The van der Waals surface area contributed by atoms with Crippen molar-refractivity contribution in [3.8, 4) is 0 Å². The maximum absolute atomic E-state index is 13.7. The molecule has 0 aliphatic rings. The minimum atomic E-state index is -3.96. The number of nitro groups is 1. The van der Waals surface area contributed by atoms with Gasteiger partial charge < -0.3 is 0 Å². The summed E-state index contributed by atoms with van der Waals surface area (Å²) >= 11 is 0. The number of aryl methyl sites for hydroxylation is 1. The molecule has 0 aliphatic heterocycles. The van der Waals surface area contributed by atoms with Crippen LogP contribution in [-0.2, 0) is 10.0 Å². The van der Waals surface area contributed by atoms with Crippen molar-refractivity contribution in [1.82, 2.24) is 0 Å². The summed E-state index contributed by atoms with van der Waals surface area (Å²) in [5.41, 5.74) is -0.289. The molecule has 0 aromatic heterocycles. The third-order valence-electron chi connectivity index (χ3n) is 2.79. The third-order valence-corrected chi connectivity index (χ3v) is 4.32. The summed E-state index contributed by atoms with van der Waals surface area (Å²) in [7, 11) is -3.96. The van der Waals surface area contributed by atoms with E-state index in [1.165, 1.54) is 6.07 Å². The molecule has 6 nitrogen and oxygen atoms in total. The number of non-ortho nitro benzene ring substituents is 1. The third kappa shape index (κ3) is 3.16. The Morgan fingerprint density at radius 2 is 1.86 bits per heavy atom. The van der Waals surface area contributed by atoms with Gasteiger partial charge in [0.15, 0.2) is 5.82 Å². The first-order valence-electron chi connectivity index (χ1n) is 5.83. The van der Waals surface area contributed by atoms with E-state index in [1.807, 2.05) is 0 Å². The van der Waals surface area contributed by atoms with Gasteiger partial charge in [0.25, 0.3) is 15.7 Å². The average molecular weight is 310 g/mol. The Balaban J connectivity index is 2.38. The Morgan fingerprint density at radius 3 is 2.43 bits per heavy atom. The molecule has 0 spiro atoms. The maximum Gasteiger partial charge on any atom is 0.272 e. The van der Waals surface area contributed by atoms with E-state index in [0.717, 1.165) is 12.1 Å². The van der Waals surface area contributed by atoms with Gasteiger partial charge in [-0.3, -0.25) is 14.8 Å². The van der Waals surface area contributed by atoms with Crippen LogP contribution in [0, 0.1) is 22.9 Å². The van der Waals surface area contributed by atoms with Crippen molar-refractivity contribution in [2.45, 2.75) is 11.8 Å². The van der Waals surface area contributed by atoms with Crippen molar-refractivity contribution < 1.29 is 17.7 Å². The molecule has 0 radical (unpaired) electrons. The first-order valence-corrected chi connectivity index (χ1v) is 7.32. The summed E-state index contributed by atoms with van der Waals surface area (Å²) in [4.78, 5) is 9.77. The molecule has 2 rings (SSSR count). The van der Waals surface area contributed by atoms with Crippen LogP contribution in [0.25, 0.3) is 0 Å². The number of sulfonamides is 1. The van der Waals surface area contributed by atoms with Crippen LogP contribution in [0.4, 0.5) is 15.8 Å². The van der Waals surface area contributed by atoms with E-state index in [0.29, 0.717) is 11.6 Å². The molecule has 0 saturated heterocycles. The van der Waals surface area contributed by atoms with Gasteiger partial charge >= 0.3 is 0 Å². The van der Waals surface area contributed by atoms with Crippen LogP contribution in [0.1, 0.15) is 5.56 Å². The number of anilines is 1. The fourth-order valence-electron chi connectivity index (χ4n) is 1.76. The summed E-state index contributed by atoms with van der Waals surface area (Å²) in [5, 5.41) is 10.5. The lowest BCUT2D eigenvalue weighted by Crippen LogP contribution is -2.15. The van der Waals surface area contributed by atoms with E-state index in [2.05, 4.69) is 4.72 Å². The van der Waals surface area contributed by atoms with Gasteiger partial charge in [0.1, 0.15) is 0 Å². The van der Waals surface area contributed by atoms with Crippen molar-refractivity contribution >= 4 is 21.4 Å². The number of nitrogens with zero attached hydrogens (tertiary/aromatic N) is 1. The number of hydrogen-bond acceptors (Lipinski definition) is 4. The normalized spacial score (nSPS) is 11.1.